The summed E-state index contributed by atoms with van der Waals surface area (Å²) in [5.74, 6) is 0.0919. The minimum atomic E-state index is -3.56. The normalized spacial score (nSPS) is 22.8. The Morgan fingerprint density at radius 2 is 1.76 bits per heavy atom. The highest BCUT2D eigenvalue weighted by molar-refractivity contribution is 7.91. The largest absolute Gasteiger partial charge is 0.335 e. The van der Waals surface area contributed by atoms with Crippen molar-refractivity contribution in [2.45, 2.75) is 63.4 Å². The molecule has 2 aliphatic heterocycles. The lowest BCUT2D eigenvalue weighted by Gasteiger charge is -2.38. The summed E-state index contributed by atoms with van der Waals surface area (Å²) < 4.78 is 51.5. The monoisotopic (exact) mass is 499 g/mol. The molecule has 0 spiro atoms. The average Bonchev–Trinajstić information content (AvgIpc) is 3.13. The second-order valence-electron chi connectivity index (χ2n) is 9.19. The molecule has 10 heteroatoms. The first-order valence-corrected chi connectivity index (χ1v) is 15.2. The van der Waals surface area contributed by atoms with E-state index in [-0.39, 0.29) is 36.0 Å². The molecule has 186 valence electrons. The molecule has 2 atom stereocenters. The summed E-state index contributed by atoms with van der Waals surface area (Å²) in [4.78, 5) is 17.2. The molecule has 0 radical (unpaired) electrons. The van der Waals surface area contributed by atoms with E-state index in [1.807, 2.05) is 30.9 Å². The Morgan fingerprint density at radius 1 is 1.12 bits per heavy atom. The maximum absolute atomic E-state index is 13.2. The van der Waals surface area contributed by atoms with Crippen LogP contribution in [0.5, 0.6) is 0 Å². The Labute approximate surface area is 198 Å². The molecule has 0 N–H and O–H groups in total. The molecule has 0 aliphatic carbocycles. The van der Waals surface area contributed by atoms with Gasteiger partial charge in [-0.05, 0) is 43.9 Å². The molecule has 3 rings (SSSR count). The van der Waals surface area contributed by atoms with Crippen LogP contribution in [0.15, 0.2) is 29.2 Å². The molecule has 1 aromatic carbocycles. The molecule has 2 fully saturated rings. The summed E-state index contributed by atoms with van der Waals surface area (Å²) in [5, 5.41) is 0. The van der Waals surface area contributed by atoms with Crippen molar-refractivity contribution in [3.05, 3.63) is 29.8 Å². The van der Waals surface area contributed by atoms with Gasteiger partial charge in [-0.15, -0.1) is 0 Å². The van der Waals surface area contributed by atoms with Crippen molar-refractivity contribution < 1.29 is 21.6 Å². The minimum absolute atomic E-state index is 0.0339. The van der Waals surface area contributed by atoms with Gasteiger partial charge in [-0.25, -0.2) is 16.8 Å². The summed E-state index contributed by atoms with van der Waals surface area (Å²) in [6.07, 6.45) is 3.18. The van der Waals surface area contributed by atoms with Gasteiger partial charge in [-0.2, -0.15) is 4.31 Å². The van der Waals surface area contributed by atoms with E-state index in [0.717, 1.165) is 24.8 Å². The van der Waals surface area contributed by atoms with Crippen LogP contribution in [0.3, 0.4) is 0 Å². The SMILES string of the molecule is CCCc1ccc(S(=O)(=O)N2CCN(CC(=O)N(C(C)CC)C3CCS(=O)(=O)C3)CC2)cc1. The van der Waals surface area contributed by atoms with Crippen LogP contribution in [0.4, 0.5) is 0 Å². The van der Waals surface area contributed by atoms with Crippen molar-refractivity contribution in [1.29, 1.82) is 0 Å². The topological polar surface area (TPSA) is 95.1 Å². The van der Waals surface area contributed by atoms with Gasteiger partial charge in [-0.1, -0.05) is 32.4 Å². The van der Waals surface area contributed by atoms with Gasteiger partial charge < -0.3 is 4.90 Å². The van der Waals surface area contributed by atoms with Crippen LogP contribution in [0.2, 0.25) is 0 Å². The first kappa shape index (κ1) is 26.1. The first-order chi connectivity index (χ1) is 15.6. The minimum Gasteiger partial charge on any atom is -0.335 e. The van der Waals surface area contributed by atoms with Crippen LogP contribution in [0.25, 0.3) is 0 Å². The van der Waals surface area contributed by atoms with Crippen LogP contribution < -0.4 is 0 Å². The summed E-state index contributed by atoms with van der Waals surface area (Å²) in [6.45, 7) is 7.81. The molecule has 0 aromatic heterocycles. The van der Waals surface area contributed by atoms with Crippen LogP contribution in [-0.4, -0.2) is 93.2 Å². The Morgan fingerprint density at radius 3 is 2.27 bits per heavy atom. The number of aryl methyl sites for hydroxylation is 1. The van der Waals surface area contributed by atoms with Crippen molar-refractivity contribution in [3.8, 4) is 0 Å². The number of amides is 1. The standard InChI is InChI=1S/C23H37N3O5S2/c1-4-6-20-7-9-22(10-8-20)33(30,31)25-14-12-24(13-15-25)17-23(27)26(19(3)5-2)21-11-16-32(28,29)18-21/h7-10,19,21H,4-6,11-18H2,1-3H3. The Hall–Kier alpha value is -1.49. The van der Waals surface area contributed by atoms with Crippen LogP contribution in [0.1, 0.15) is 45.6 Å². The fourth-order valence-electron chi connectivity index (χ4n) is 4.67. The van der Waals surface area contributed by atoms with Gasteiger partial charge in [0.1, 0.15) is 0 Å². The molecule has 1 amide bonds. The van der Waals surface area contributed by atoms with Crippen molar-refractivity contribution in [1.82, 2.24) is 14.1 Å². The highest BCUT2D eigenvalue weighted by Gasteiger charge is 2.37. The van der Waals surface area contributed by atoms with E-state index in [1.165, 1.54) is 4.31 Å². The summed E-state index contributed by atoms with van der Waals surface area (Å²) >= 11 is 0. The van der Waals surface area contributed by atoms with Crippen molar-refractivity contribution >= 4 is 25.8 Å². The number of benzene rings is 1. The molecule has 2 aliphatic rings. The van der Waals surface area contributed by atoms with Crippen molar-refractivity contribution in [2.24, 2.45) is 0 Å². The number of piperazine rings is 1. The fraction of sp³-hybridized carbons (Fsp3) is 0.696. The predicted molar refractivity (Wildman–Crippen MR) is 129 cm³/mol. The third-order valence-electron chi connectivity index (χ3n) is 6.75. The highest BCUT2D eigenvalue weighted by Crippen LogP contribution is 2.23. The molecule has 2 unspecified atom stereocenters. The van der Waals surface area contributed by atoms with E-state index in [4.69, 9.17) is 0 Å². The zero-order valence-electron chi connectivity index (χ0n) is 19.9. The van der Waals surface area contributed by atoms with Crippen LogP contribution in [0, 0.1) is 0 Å². The Bertz CT molecular complexity index is 1020. The smallest absolute Gasteiger partial charge is 0.243 e. The van der Waals surface area contributed by atoms with E-state index in [1.54, 1.807) is 17.0 Å². The average molecular weight is 500 g/mol. The second kappa shape index (κ2) is 10.8. The summed E-state index contributed by atoms with van der Waals surface area (Å²) in [6, 6.07) is 6.80. The first-order valence-electron chi connectivity index (χ1n) is 11.9. The lowest BCUT2D eigenvalue weighted by Crippen LogP contribution is -2.54. The third-order valence-corrected chi connectivity index (χ3v) is 10.4. The van der Waals surface area contributed by atoms with E-state index < -0.39 is 19.9 Å². The highest BCUT2D eigenvalue weighted by atomic mass is 32.2. The zero-order chi connectivity index (χ0) is 24.2. The van der Waals surface area contributed by atoms with Gasteiger partial charge in [-0.3, -0.25) is 9.69 Å². The number of hydrogen-bond acceptors (Lipinski definition) is 6. The second-order valence-corrected chi connectivity index (χ2v) is 13.4. The van der Waals surface area contributed by atoms with Crippen LogP contribution >= 0.6 is 0 Å². The lowest BCUT2D eigenvalue weighted by atomic mass is 10.1. The van der Waals surface area contributed by atoms with Crippen molar-refractivity contribution in [2.75, 3.05) is 44.2 Å². The number of rotatable bonds is 9. The maximum atomic E-state index is 13.2. The molecular weight excluding hydrogens is 462 g/mol. The van der Waals surface area contributed by atoms with Gasteiger partial charge >= 0.3 is 0 Å². The third kappa shape index (κ3) is 6.35. The molecule has 0 saturated carbocycles. The number of carbonyl (C=O) groups is 1. The number of hydrogen-bond donors (Lipinski definition) is 0. The number of carbonyl (C=O) groups excluding carboxylic acids is 1. The van der Waals surface area contributed by atoms with Crippen molar-refractivity contribution in [3.63, 3.8) is 0 Å². The van der Waals surface area contributed by atoms with Gasteiger partial charge in [0.2, 0.25) is 15.9 Å². The quantitative estimate of drug-likeness (QED) is 0.514. The molecule has 33 heavy (non-hydrogen) atoms. The van der Waals surface area contributed by atoms with E-state index in [2.05, 4.69) is 6.92 Å². The molecule has 1 aromatic rings. The van der Waals surface area contributed by atoms with Gasteiger partial charge in [0, 0.05) is 38.3 Å². The molecule has 8 nitrogen and oxygen atoms in total. The zero-order valence-corrected chi connectivity index (χ0v) is 21.6. The maximum Gasteiger partial charge on any atom is 0.243 e. The molecule has 2 saturated heterocycles. The van der Waals surface area contributed by atoms with Gasteiger partial charge in [0.05, 0.1) is 22.9 Å². The molecular formula is C23H37N3O5S2. The number of sulfonamides is 1. The lowest BCUT2D eigenvalue weighted by molar-refractivity contribution is -0.137. The van der Waals surface area contributed by atoms with Gasteiger partial charge in [0.15, 0.2) is 9.84 Å². The fourth-order valence-corrected chi connectivity index (χ4v) is 7.80. The van der Waals surface area contributed by atoms with E-state index in [0.29, 0.717) is 37.5 Å². The Kier molecular flexibility index (Phi) is 8.58. The van der Waals surface area contributed by atoms with E-state index in [9.17, 15) is 21.6 Å². The predicted octanol–water partition coefficient (Wildman–Crippen LogP) is 1.76. The number of nitrogens with zero attached hydrogens (tertiary/aromatic N) is 3. The number of sulfone groups is 1. The molecule has 2 heterocycles. The van der Waals surface area contributed by atoms with Gasteiger partial charge in [0.25, 0.3) is 0 Å². The van der Waals surface area contributed by atoms with E-state index >= 15 is 0 Å². The summed E-state index contributed by atoms with van der Waals surface area (Å²) in [7, 11) is -6.65. The van der Waals surface area contributed by atoms with Crippen LogP contribution in [-0.2, 0) is 31.1 Å². The Balaban J connectivity index is 1.60. The summed E-state index contributed by atoms with van der Waals surface area (Å²) in [5.41, 5.74) is 1.13. The molecule has 0 bridgehead atoms.